The average molecular weight is 277 g/mol. The number of nitrogens with one attached hydrogen (secondary N) is 1. The van der Waals surface area contributed by atoms with E-state index in [4.69, 9.17) is 0 Å². The number of hydrogen-bond donors (Lipinski definition) is 1. The SMILES string of the molecule is CC(C)(C)C(NCC1CCCCC1)c1ccc(F)cc1. The molecule has 1 atom stereocenters. The Balaban J connectivity index is 2.02. The molecule has 0 radical (unpaired) electrons. The number of benzene rings is 1. The minimum absolute atomic E-state index is 0.131. The number of halogens is 1. The van der Waals surface area contributed by atoms with E-state index >= 15 is 0 Å². The fourth-order valence-corrected chi connectivity index (χ4v) is 3.26. The number of rotatable bonds is 4. The Morgan fingerprint density at radius 1 is 1.10 bits per heavy atom. The van der Waals surface area contributed by atoms with Crippen LogP contribution < -0.4 is 5.32 Å². The van der Waals surface area contributed by atoms with Crippen molar-refractivity contribution in [2.45, 2.75) is 58.9 Å². The van der Waals surface area contributed by atoms with Gasteiger partial charge in [0.1, 0.15) is 5.82 Å². The molecule has 1 aromatic rings. The van der Waals surface area contributed by atoms with E-state index in [0.29, 0.717) is 0 Å². The summed E-state index contributed by atoms with van der Waals surface area (Å²) >= 11 is 0. The van der Waals surface area contributed by atoms with Crippen LogP contribution in [0.25, 0.3) is 0 Å². The van der Waals surface area contributed by atoms with Gasteiger partial charge in [-0.1, -0.05) is 52.2 Å². The Bertz CT molecular complexity index is 398. The minimum atomic E-state index is -0.159. The van der Waals surface area contributed by atoms with E-state index in [9.17, 15) is 4.39 Å². The van der Waals surface area contributed by atoms with Gasteiger partial charge in [0.25, 0.3) is 0 Å². The normalized spacial score (nSPS) is 19.0. The van der Waals surface area contributed by atoms with Crippen molar-refractivity contribution < 1.29 is 4.39 Å². The maximum atomic E-state index is 13.1. The minimum Gasteiger partial charge on any atom is -0.309 e. The predicted molar refractivity (Wildman–Crippen MR) is 83.2 cm³/mol. The molecule has 0 spiro atoms. The van der Waals surface area contributed by atoms with Gasteiger partial charge in [-0.05, 0) is 48.4 Å². The fourth-order valence-electron chi connectivity index (χ4n) is 3.26. The Labute approximate surface area is 123 Å². The lowest BCUT2D eigenvalue weighted by atomic mass is 9.81. The van der Waals surface area contributed by atoms with Gasteiger partial charge >= 0.3 is 0 Å². The first kappa shape index (κ1) is 15.5. The van der Waals surface area contributed by atoms with Crippen LogP contribution in [-0.2, 0) is 0 Å². The standard InChI is InChI=1S/C18H28FN/c1-18(2,3)17(15-9-11-16(19)12-10-15)20-13-14-7-5-4-6-8-14/h9-12,14,17,20H,4-8,13H2,1-3H3. The molecule has 20 heavy (non-hydrogen) atoms. The molecular formula is C18H28FN. The molecule has 0 aliphatic heterocycles. The van der Waals surface area contributed by atoms with Crippen LogP contribution in [0.2, 0.25) is 0 Å². The highest BCUT2D eigenvalue weighted by Crippen LogP contribution is 2.33. The van der Waals surface area contributed by atoms with Crippen molar-refractivity contribution in [2.24, 2.45) is 11.3 Å². The molecule has 1 unspecified atom stereocenters. The van der Waals surface area contributed by atoms with Crippen LogP contribution in [-0.4, -0.2) is 6.54 Å². The van der Waals surface area contributed by atoms with Crippen molar-refractivity contribution in [1.82, 2.24) is 5.32 Å². The summed E-state index contributed by atoms with van der Waals surface area (Å²) in [6.45, 7) is 7.82. The highest BCUT2D eigenvalue weighted by molar-refractivity contribution is 5.21. The lowest BCUT2D eigenvalue weighted by Gasteiger charge is -2.34. The highest BCUT2D eigenvalue weighted by Gasteiger charge is 2.27. The average Bonchev–Trinajstić information content (AvgIpc) is 2.41. The molecule has 1 aromatic carbocycles. The van der Waals surface area contributed by atoms with Crippen molar-refractivity contribution in [2.75, 3.05) is 6.54 Å². The summed E-state index contributed by atoms with van der Waals surface area (Å²) in [6, 6.07) is 7.25. The molecule has 112 valence electrons. The van der Waals surface area contributed by atoms with E-state index in [-0.39, 0.29) is 17.3 Å². The molecule has 1 aliphatic carbocycles. The van der Waals surface area contributed by atoms with Crippen molar-refractivity contribution in [3.63, 3.8) is 0 Å². The maximum Gasteiger partial charge on any atom is 0.123 e. The summed E-state index contributed by atoms with van der Waals surface area (Å²) in [6.07, 6.45) is 6.86. The van der Waals surface area contributed by atoms with E-state index < -0.39 is 0 Å². The van der Waals surface area contributed by atoms with Gasteiger partial charge in [0.15, 0.2) is 0 Å². The molecule has 0 aromatic heterocycles. The molecule has 0 amide bonds. The van der Waals surface area contributed by atoms with Crippen molar-refractivity contribution in [3.8, 4) is 0 Å². The lowest BCUT2D eigenvalue weighted by Crippen LogP contribution is -2.36. The van der Waals surface area contributed by atoms with E-state index in [1.807, 2.05) is 12.1 Å². The van der Waals surface area contributed by atoms with Gasteiger partial charge in [-0.15, -0.1) is 0 Å². The van der Waals surface area contributed by atoms with Gasteiger partial charge in [-0.3, -0.25) is 0 Å². The van der Waals surface area contributed by atoms with Crippen LogP contribution in [0.3, 0.4) is 0 Å². The van der Waals surface area contributed by atoms with Gasteiger partial charge in [0, 0.05) is 6.04 Å². The van der Waals surface area contributed by atoms with Crippen molar-refractivity contribution in [3.05, 3.63) is 35.6 Å². The molecule has 1 aliphatic rings. The third-order valence-corrected chi connectivity index (χ3v) is 4.40. The van der Waals surface area contributed by atoms with E-state index in [2.05, 4.69) is 26.1 Å². The van der Waals surface area contributed by atoms with E-state index in [0.717, 1.165) is 12.5 Å². The molecule has 1 N–H and O–H groups in total. The smallest absolute Gasteiger partial charge is 0.123 e. The molecule has 1 nitrogen and oxygen atoms in total. The Morgan fingerprint density at radius 3 is 2.25 bits per heavy atom. The molecular weight excluding hydrogens is 249 g/mol. The Hall–Kier alpha value is -0.890. The van der Waals surface area contributed by atoms with Crippen LogP contribution in [0.15, 0.2) is 24.3 Å². The van der Waals surface area contributed by atoms with Crippen LogP contribution in [0.1, 0.15) is 64.5 Å². The topological polar surface area (TPSA) is 12.0 Å². The first-order valence-corrected chi connectivity index (χ1v) is 7.95. The molecule has 1 fully saturated rings. The van der Waals surface area contributed by atoms with Gasteiger partial charge in [-0.25, -0.2) is 4.39 Å². The lowest BCUT2D eigenvalue weighted by molar-refractivity contribution is 0.243. The molecule has 2 heteroatoms. The summed E-state index contributed by atoms with van der Waals surface area (Å²) in [7, 11) is 0. The first-order chi connectivity index (χ1) is 9.47. The molecule has 2 rings (SSSR count). The Morgan fingerprint density at radius 2 is 1.70 bits per heavy atom. The number of hydrogen-bond acceptors (Lipinski definition) is 1. The van der Waals surface area contributed by atoms with Crippen LogP contribution in [0, 0.1) is 17.2 Å². The molecule has 0 heterocycles. The summed E-state index contributed by atoms with van der Waals surface area (Å²) in [5.41, 5.74) is 1.32. The summed E-state index contributed by atoms with van der Waals surface area (Å²) in [5.74, 6) is 0.655. The summed E-state index contributed by atoms with van der Waals surface area (Å²) in [4.78, 5) is 0. The summed E-state index contributed by atoms with van der Waals surface area (Å²) < 4.78 is 13.1. The van der Waals surface area contributed by atoms with Crippen LogP contribution in [0.4, 0.5) is 4.39 Å². The van der Waals surface area contributed by atoms with Crippen molar-refractivity contribution in [1.29, 1.82) is 0 Å². The van der Waals surface area contributed by atoms with Crippen LogP contribution in [0.5, 0.6) is 0 Å². The van der Waals surface area contributed by atoms with E-state index in [1.165, 1.54) is 37.7 Å². The second kappa shape index (κ2) is 6.71. The zero-order valence-electron chi connectivity index (χ0n) is 13.1. The fraction of sp³-hybridized carbons (Fsp3) is 0.667. The second-order valence-electron chi connectivity index (χ2n) is 7.26. The maximum absolute atomic E-state index is 13.1. The van der Waals surface area contributed by atoms with E-state index in [1.54, 1.807) is 12.1 Å². The first-order valence-electron chi connectivity index (χ1n) is 7.95. The predicted octanol–water partition coefficient (Wildman–Crippen LogP) is 5.08. The summed E-state index contributed by atoms with van der Waals surface area (Å²) in [5, 5.41) is 3.74. The van der Waals surface area contributed by atoms with Gasteiger partial charge in [0.2, 0.25) is 0 Å². The quantitative estimate of drug-likeness (QED) is 0.809. The van der Waals surface area contributed by atoms with Crippen LogP contribution >= 0.6 is 0 Å². The molecule has 0 saturated heterocycles. The van der Waals surface area contributed by atoms with Crippen molar-refractivity contribution >= 4 is 0 Å². The van der Waals surface area contributed by atoms with Gasteiger partial charge < -0.3 is 5.32 Å². The van der Waals surface area contributed by atoms with Gasteiger partial charge in [-0.2, -0.15) is 0 Å². The zero-order chi connectivity index (χ0) is 14.6. The second-order valence-corrected chi connectivity index (χ2v) is 7.26. The monoisotopic (exact) mass is 277 g/mol. The highest BCUT2D eigenvalue weighted by atomic mass is 19.1. The third-order valence-electron chi connectivity index (χ3n) is 4.40. The third kappa shape index (κ3) is 4.31. The Kier molecular flexibility index (Phi) is 5.20. The zero-order valence-corrected chi connectivity index (χ0v) is 13.1. The molecule has 0 bridgehead atoms. The largest absolute Gasteiger partial charge is 0.309 e. The van der Waals surface area contributed by atoms with Gasteiger partial charge in [0.05, 0.1) is 0 Å². The molecule has 1 saturated carbocycles.